The van der Waals surface area contributed by atoms with Gasteiger partial charge in [0.1, 0.15) is 0 Å². The van der Waals surface area contributed by atoms with Gasteiger partial charge >= 0.3 is 0 Å². The number of amides is 1. The minimum Gasteiger partial charge on any atom is -0.352 e. The summed E-state index contributed by atoms with van der Waals surface area (Å²) in [4.78, 5) is 12.3. The summed E-state index contributed by atoms with van der Waals surface area (Å²) in [5, 5.41) is 11.4. The van der Waals surface area contributed by atoms with Crippen molar-refractivity contribution < 1.29 is 4.79 Å². The summed E-state index contributed by atoms with van der Waals surface area (Å²) in [6.07, 6.45) is 8.34. The standard InChI is InChI=1S/C18H21N5O/c1-15-12-21-22(13-15)9-3-7-19-18(24)17-6-2-5-16(11-17)14-23-10-4-8-20-23/h2,4-6,8,10-13H,3,7,9,14H2,1H3,(H,19,24). The normalized spacial score (nSPS) is 10.7. The van der Waals surface area contributed by atoms with Crippen molar-refractivity contribution >= 4 is 5.91 Å². The molecule has 1 N–H and O–H groups in total. The van der Waals surface area contributed by atoms with Gasteiger partial charge in [-0.1, -0.05) is 12.1 Å². The van der Waals surface area contributed by atoms with Crippen LogP contribution in [-0.2, 0) is 13.1 Å². The van der Waals surface area contributed by atoms with Crippen molar-refractivity contribution in [3.05, 3.63) is 71.8 Å². The van der Waals surface area contributed by atoms with E-state index in [1.165, 1.54) is 0 Å². The number of aromatic nitrogens is 4. The van der Waals surface area contributed by atoms with Crippen LogP contribution in [0.15, 0.2) is 55.1 Å². The Morgan fingerprint density at radius 3 is 2.88 bits per heavy atom. The van der Waals surface area contributed by atoms with Gasteiger partial charge in [-0.05, 0) is 42.7 Å². The average molecular weight is 323 g/mol. The second-order valence-electron chi connectivity index (χ2n) is 5.79. The van der Waals surface area contributed by atoms with Gasteiger partial charge in [0.25, 0.3) is 5.91 Å². The third kappa shape index (κ3) is 4.32. The van der Waals surface area contributed by atoms with E-state index in [2.05, 4.69) is 15.5 Å². The predicted molar refractivity (Wildman–Crippen MR) is 91.7 cm³/mol. The van der Waals surface area contributed by atoms with Crippen molar-refractivity contribution in [2.24, 2.45) is 0 Å². The fourth-order valence-corrected chi connectivity index (χ4v) is 2.53. The van der Waals surface area contributed by atoms with Crippen LogP contribution < -0.4 is 5.32 Å². The third-order valence-corrected chi connectivity index (χ3v) is 3.70. The number of hydrogen-bond acceptors (Lipinski definition) is 3. The molecule has 0 aliphatic heterocycles. The lowest BCUT2D eigenvalue weighted by Crippen LogP contribution is -2.25. The first-order valence-electron chi connectivity index (χ1n) is 8.04. The second-order valence-corrected chi connectivity index (χ2v) is 5.79. The minimum absolute atomic E-state index is 0.0473. The van der Waals surface area contributed by atoms with E-state index in [4.69, 9.17) is 0 Å². The first-order valence-corrected chi connectivity index (χ1v) is 8.04. The van der Waals surface area contributed by atoms with Crippen molar-refractivity contribution in [1.29, 1.82) is 0 Å². The van der Waals surface area contributed by atoms with Gasteiger partial charge in [0.2, 0.25) is 0 Å². The highest BCUT2D eigenvalue weighted by molar-refractivity contribution is 5.94. The van der Waals surface area contributed by atoms with Gasteiger partial charge in [-0.2, -0.15) is 10.2 Å². The molecule has 2 heterocycles. The number of nitrogens with one attached hydrogen (secondary N) is 1. The van der Waals surface area contributed by atoms with Crippen molar-refractivity contribution in [1.82, 2.24) is 24.9 Å². The Hall–Kier alpha value is -2.89. The van der Waals surface area contributed by atoms with E-state index in [9.17, 15) is 4.79 Å². The topological polar surface area (TPSA) is 64.7 Å². The number of rotatable bonds is 7. The molecule has 3 rings (SSSR count). The Morgan fingerprint density at radius 1 is 1.21 bits per heavy atom. The Labute approximate surface area is 141 Å². The molecule has 1 aromatic carbocycles. The molecular formula is C18H21N5O. The van der Waals surface area contributed by atoms with Gasteiger partial charge < -0.3 is 5.32 Å². The smallest absolute Gasteiger partial charge is 0.251 e. The Balaban J connectivity index is 1.49. The zero-order valence-electron chi connectivity index (χ0n) is 13.7. The van der Waals surface area contributed by atoms with Crippen LogP contribution in [0.4, 0.5) is 0 Å². The summed E-state index contributed by atoms with van der Waals surface area (Å²) in [6.45, 7) is 4.10. The quantitative estimate of drug-likeness (QED) is 0.678. The van der Waals surface area contributed by atoms with Crippen LogP contribution in [0.1, 0.15) is 27.9 Å². The van der Waals surface area contributed by atoms with Crippen LogP contribution in [0.3, 0.4) is 0 Å². The van der Waals surface area contributed by atoms with Crippen LogP contribution in [0.25, 0.3) is 0 Å². The van der Waals surface area contributed by atoms with Crippen LogP contribution in [0.2, 0.25) is 0 Å². The van der Waals surface area contributed by atoms with Crippen molar-refractivity contribution in [2.45, 2.75) is 26.4 Å². The van der Waals surface area contributed by atoms with Gasteiger partial charge in [0.15, 0.2) is 0 Å². The lowest BCUT2D eigenvalue weighted by atomic mass is 10.1. The molecule has 0 aliphatic rings. The van der Waals surface area contributed by atoms with Crippen LogP contribution in [0.5, 0.6) is 0 Å². The van der Waals surface area contributed by atoms with E-state index in [1.54, 1.807) is 6.20 Å². The van der Waals surface area contributed by atoms with Crippen molar-refractivity contribution in [3.63, 3.8) is 0 Å². The lowest BCUT2D eigenvalue weighted by Gasteiger charge is -2.07. The van der Waals surface area contributed by atoms with E-state index >= 15 is 0 Å². The summed E-state index contributed by atoms with van der Waals surface area (Å²) < 4.78 is 3.73. The highest BCUT2D eigenvalue weighted by atomic mass is 16.1. The molecule has 3 aromatic rings. The average Bonchev–Trinajstić information content (AvgIpc) is 3.23. The number of carbonyl (C=O) groups excluding carboxylic acids is 1. The fraction of sp³-hybridized carbons (Fsp3) is 0.278. The zero-order chi connectivity index (χ0) is 16.8. The Morgan fingerprint density at radius 2 is 2.12 bits per heavy atom. The molecule has 0 saturated heterocycles. The summed E-state index contributed by atoms with van der Waals surface area (Å²) in [7, 11) is 0. The number of carbonyl (C=O) groups is 1. The van der Waals surface area contributed by atoms with E-state index in [0.29, 0.717) is 18.7 Å². The molecule has 0 fully saturated rings. The molecule has 6 nitrogen and oxygen atoms in total. The molecule has 0 bridgehead atoms. The summed E-state index contributed by atoms with van der Waals surface area (Å²) in [5.41, 5.74) is 2.88. The lowest BCUT2D eigenvalue weighted by molar-refractivity contribution is 0.0952. The summed E-state index contributed by atoms with van der Waals surface area (Å²) >= 11 is 0. The number of hydrogen-bond donors (Lipinski definition) is 1. The maximum Gasteiger partial charge on any atom is 0.251 e. The third-order valence-electron chi connectivity index (χ3n) is 3.70. The van der Waals surface area contributed by atoms with Gasteiger partial charge in [-0.15, -0.1) is 0 Å². The molecular weight excluding hydrogens is 302 g/mol. The monoisotopic (exact) mass is 323 g/mol. The number of aryl methyl sites for hydroxylation is 2. The SMILES string of the molecule is Cc1cnn(CCCNC(=O)c2cccc(Cn3cccn3)c2)c1. The van der Waals surface area contributed by atoms with Crippen molar-refractivity contribution in [3.8, 4) is 0 Å². The van der Waals surface area contributed by atoms with Crippen LogP contribution in [0, 0.1) is 6.92 Å². The first-order chi connectivity index (χ1) is 11.7. The second kappa shape index (κ2) is 7.59. The highest BCUT2D eigenvalue weighted by Gasteiger charge is 2.06. The maximum atomic E-state index is 12.3. The number of benzene rings is 1. The summed E-state index contributed by atoms with van der Waals surface area (Å²) in [5.74, 6) is -0.0473. The van der Waals surface area contributed by atoms with Gasteiger partial charge in [0.05, 0.1) is 12.7 Å². The Bertz CT molecular complexity index is 791. The number of nitrogens with zero attached hydrogens (tertiary/aromatic N) is 4. The van der Waals surface area contributed by atoms with Gasteiger partial charge in [-0.25, -0.2) is 0 Å². The molecule has 0 aliphatic carbocycles. The predicted octanol–water partition coefficient (Wildman–Crippen LogP) is 2.26. The van der Waals surface area contributed by atoms with E-state index in [-0.39, 0.29) is 5.91 Å². The summed E-state index contributed by atoms with van der Waals surface area (Å²) in [6, 6.07) is 9.53. The van der Waals surface area contributed by atoms with E-state index in [1.807, 2.05) is 65.2 Å². The molecule has 0 radical (unpaired) electrons. The molecule has 24 heavy (non-hydrogen) atoms. The molecule has 1 amide bonds. The van der Waals surface area contributed by atoms with Gasteiger partial charge in [0, 0.05) is 37.2 Å². The largest absolute Gasteiger partial charge is 0.352 e. The first kappa shape index (κ1) is 16.0. The maximum absolute atomic E-state index is 12.3. The van der Waals surface area contributed by atoms with Crippen LogP contribution >= 0.6 is 0 Å². The molecule has 0 saturated carbocycles. The Kier molecular flexibility index (Phi) is 5.05. The minimum atomic E-state index is -0.0473. The van der Waals surface area contributed by atoms with Crippen molar-refractivity contribution in [2.75, 3.05) is 6.54 Å². The molecule has 0 atom stereocenters. The molecule has 6 heteroatoms. The fourth-order valence-electron chi connectivity index (χ4n) is 2.53. The van der Waals surface area contributed by atoms with E-state index < -0.39 is 0 Å². The molecule has 0 spiro atoms. The highest BCUT2D eigenvalue weighted by Crippen LogP contribution is 2.07. The van der Waals surface area contributed by atoms with Crippen LogP contribution in [-0.4, -0.2) is 32.0 Å². The molecule has 0 unspecified atom stereocenters. The molecule has 124 valence electrons. The zero-order valence-corrected chi connectivity index (χ0v) is 13.7. The van der Waals surface area contributed by atoms with E-state index in [0.717, 1.165) is 24.1 Å². The molecule has 2 aromatic heterocycles. The van der Waals surface area contributed by atoms with Gasteiger partial charge in [-0.3, -0.25) is 14.2 Å².